The van der Waals surface area contributed by atoms with Gasteiger partial charge in [0.25, 0.3) is 0 Å². The van der Waals surface area contributed by atoms with Crippen molar-refractivity contribution >= 4 is 17.9 Å². The van der Waals surface area contributed by atoms with E-state index in [2.05, 4.69) is 69.4 Å². The minimum absolute atomic E-state index is 0.0802. The summed E-state index contributed by atoms with van der Waals surface area (Å²) in [6, 6.07) is 0. The van der Waals surface area contributed by atoms with Gasteiger partial charge in [-0.05, 0) is 70.6 Å². The van der Waals surface area contributed by atoms with Gasteiger partial charge in [-0.2, -0.15) is 0 Å². The lowest BCUT2D eigenvalue weighted by atomic mass is 10.0. The molecule has 0 rings (SSSR count). The summed E-state index contributed by atoms with van der Waals surface area (Å²) in [5.74, 6) is -0.889. The van der Waals surface area contributed by atoms with Crippen LogP contribution in [0.25, 0.3) is 0 Å². The van der Waals surface area contributed by atoms with Crippen molar-refractivity contribution in [3.05, 3.63) is 48.6 Å². The van der Waals surface area contributed by atoms with Gasteiger partial charge in [-0.1, -0.05) is 339 Å². The predicted molar refractivity (Wildman–Crippen MR) is 344 cm³/mol. The molecule has 0 aliphatic rings. The zero-order valence-corrected chi connectivity index (χ0v) is 53.2. The highest BCUT2D eigenvalue weighted by Gasteiger charge is 2.19. The van der Waals surface area contributed by atoms with Crippen molar-refractivity contribution < 1.29 is 28.6 Å². The molecule has 0 spiro atoms. The minimum atomic E-state index is -0.785. The Kier molecular flexibility index (Phi) is 65.6. The van der Waals surface area contributed by atoms with Crippen molar-refractivity contribution in [3.8, 4) is 0 Å². The summed E-state index contributed by atoms with van der Waals surface area (Å²) in [6.45, 7) is 6.59. The van der Waals surface area contributed by atoms with Crippen molar-refractivity contribution in [2.45, 2.75) is 386 Å². The molecule has 6 heteroatoms. The van der Waals surface area contributed by atoms with Crippen molar-refractivity contribution in [2.75, 3.05) is 13.2 Å². The van der Waals surface area contributed by atoms with E-state index in [0.717, 1.165) is 103 Å². The van der Waals surface area contributed by atoms with Crippen LogP contribution >= 0.6 is 0 Å². The quantitative estimate of drug-likeness (QED) is 0.0261. The van der Waals surface area contributed by atoms with E-state index >= 15 is 0 Å². The minimum Gasteiger partial charge on any atom is -0.462 e. The van der Waals surface area contributed by atoms with E-state index in [9.17, 15) is 14.4 Å². The zero-order valence-electron chi connectivity index (χ0n) is 53.2. The molecule has 0 radical (unpaired) electrons. The van der Waals surface area contributed by atoms with Gasteiger partial charge in [0.2, 0.25) is 0 Å². The summed E-state index contributed by atoms with van der Waals surface area (Å²) >= 11 is 0. The third-order valence-corrected chi connectivity index (χ3v) is 15.8. The Morgan fingerprint density at radius 2 is 0.468 bits per heavy atom. The molecule has 462 valence electrons. The molecule has 0 N–H and O–H groups in total. The molecule has 0 aliphatic carbocycles. The molecular formula is C73H134O6. The van der Waals surface area contributed by atoms with Gasteiger partial charge < -0.3 is 14.2 Å². The Balaban J connectivity index is 4.08. The third-order valence-electron chi connectivity index (χ3n) is 15.8. The lowest BCUT2D eigenvalue weighted by molar-refractivity contribution is -0.167. The molecule has 1 atom stereocenters. The monoisotopic (exact) mass is 1110 g/mol. The third kappa shape index (κ3) is 66.1. The van der Waals surface area contributed by atoms with E-state index in [0.29, 0.717) is 19.3 Å². The Morgan fingerprint density at radius 1 is 0.253 bits per heavy atom. The molecule has 6 nitrogen and oxygen atoms in total. The molecule has 0 heterocycles. The van der Waals surface area contributed by atoms with Crippen molar-refractivity contribution in [2.24, 2.45) is 0 Å². The van der Waals surface area contributed by atoms with Crippen LogP contribution in [0, 0.1) is 0 Å². The van der Waals surface area contributed by atoms with Gasteiger partial charge in [-0.25, -0.2) is 0 Å². The van der Waals surface area contributed by atoms with E-state index < -0.39 is 6.10 Å². The maximum Gasteiger partial charge on any atom is 0.306 e. The molecular weight excluding hydrogens is 973 g/mol. The van der Waals surface area contributed by atoms with Gasteiger partial charge in [-0.3, -0.25) is 14.4 Å². The Labute approximate surface area is 492 Å². The molecule has 0 fully saturated rings. The van der Waals surface area contributed by atoms with Crippen LogP contribution in [0.15, 0.2) is 48.6 Å². The lowest BCUT2D eigenvalue weighted by Gasteiger charge is -2.18. The van der Waals surface area contributed by atoms with Crippen LogP contribution in [0.4, 0.5) is 0 Å². The van der Waals surface area contributed by atoms with Crippen LogP contribution in [0.5, 0.6) is 0 Å². The second-order valence-corrected chi connectivity index (χ2v) is 23.8. The molecule has 0 aliphatic heterocycles. The van der Waals surface area contributed by atoms with Gasteiger partial charge in [0.15, 0.2) is 6.10 Å². The topological polar surface area (TPSA) is 78.9 Å². The highest BCUT2D eigenvalue weighted by molar-refractivity contribution is 5.71. The van der Waals surface area contributed by atoms with E-state index in [1.54, 1.807) is 0 Å². The number of allylic oxidation sites excluding steroid dienone is 8. The van der Waals surface area contributed by atoms with Crippen LogP contribution in [-0.4, -0.2) is 37.2 Å². The molecule has 0 bridgehead atoms. The van der Waals surface area contributed by atoms with Gasteiger partial charge in [-0.15, -0.1) is 0 Å². The van der Waals surface area contributed by atoms with Gasteiger partial charge in [0.05, 0.1) is 0 Å². The summed E-state index contributed by atoms with van der Waals surface area (Å²) in [7, 11) is 0. The first-order chi connectivity index (χ1) is 39.0. The number of unbranched alkanes of at least 4 members (excludes halogenated alkanes) is 46. The number of carbonyl (C=O) groups excluding carboxylic acids is 3. The molecule has 1 unspecified atom stereocenters. The highest BCUT2D eigenvalue weighted by Crippen LogP contribution is 2.19. The van der Waals surface area contributed by atoms with Crippen LogP contribution in [-0.2, 0) is 28.6 Å². The number of hydrogen-bond acceptors (Lipinski definition) is 6. The second kappa shape index (κ2) is 67.9. The zero-order chi connectivity index (χ0) is 57.1. The van der Waals surface area contributed by atoms with Crippen LogP contribution in [0.3, 0.4) is 0 Å². The predicted octanol–water partition coefficient (Wildman–Crippen LogP) is 24.1. The highest BCUT2D eigenvalue weighted by atomic mass is 16.6. The SMILES string of the molecule is CCCC/C=C\C/C=C\CCCCCCCC(=O)OCC(COC(=O)CCCCCCCCCCCCCCCCCCCCCCCCCCCCCCCCCCC)OC(=O)CCCCCCC/C=C\C/C=C\CCCC. The van der Waals surface area contributed by atoms with Crippen molar-refractivity contribution in [1.82, 2.24) is 0 Å². The molecule has 0 aromatic rings. The Bertz CT molecular complexity index is 1360. The largest absolute Gasteiger partial charge is 0.462 e. The van der Waals surface area contributed by atoms with Crippen molar-refractivity contribution in [1.29, 1.82) is 0 Å². The fourth-order valence-corrected chi connectivity index (χ4v) is 10.5. The van der Waals surface area contributed by atoms with E-state index in [1.165, 1.54) is 238 Å². The van der Waals surface area contributed by atoms with Crippen molar-refractivity contribution in [3.63, 3.8) is 0 Å². The maximum atomic E-state index is 12.9. The van der Waals surface area contributed by atoms with E-state index in [1.807, 2.05) is 0 Å². The molecule has 0 amide bonds. The van der Waals surface area contributed by atoms with Gasteiger partial charge in [0.1, 0.15) is 13.2 Å². The number of ether oxygens (including phenoxy) is 3. The maximum absolute atomic E-state index is 12.9. The molecule has 0 aromatic carbocycles. The standard InChI is InChI=1S/C73H134O6/c1-4-7-10-13-16-19-22-25-28-29-30-31-32-33-34-35-36-37-38-39-40-41-42-43-44-45-46-49-51-54-57-60-63-66-72(75)78-69-70(79-73(76)67-64-61-58-55-52-48-27-24-21-18-15-12-9-6-3)68-77-71(74)65-62-59-56-53-50-47-26-23-20-17-14-11-8-5-2/h14-15,17-18,23-24,26-27,70H,4-13,16,19-22,25,28-69H2,1-3H3/b17-14-,18-15-,26-23-,27-24-. The summed E-state index contributed by atoms with van der Waals surface area (Å²) < 4.78 is 16.9. The average molecular weight is 1110 g/mol. The van der Waals surface area contributed by atoms with E-state index in [4.69, 9.17) is 14.2 Å². The first kappa shape index (κ1) is 76.4. The Morgan fingerprint density at radius 3 is 0.734 bits per heavy atom. The van der Waals surface area contributed by atoms with Crippen LogP contribution < -0.4 is 0 Å². The first-order valence-electron chi connectivity index (χ1n) is 35.1. The summed E-state index contributed by atoms with van der Waals surface area (Å²) in [5, 5.41) is 0. The number of rotatable bonds is 65. The second-order valence-electron chi connectivity index (χ2n) is 23.8. The molecule has 0 saturated heterocycles. The molecule has 0 saturated carbocycles. The summed E-state index contributed by atoms with van der Waals surface area (Å²) in [4.78, 5) is 38.3. The average Bonchev–Trinajstić information content (AvgIpc) is 3.45. The fraction of sp³-hybridized carbons (Fsp3) is 0.849. The number of esters is 3. The molecule has 0 aromatic heterocycles. The van der Waals surface area contributed by atoms with Crippen LogP contribution in [0.1, 0.15) is 380 Å². The lowest BCUT2D eigenvalue weighted by Crippen LogP contribution is -2.30. The first-order valence-corrected chi connectivity index (χ1v) is 35.1. The molecule has 79 heavy (non-hydrogen) atoms. The number of carbonyl (C=O) groups is 3. The smallest absolute Gasteiger partial charge is 0.306 e. The van der Waals surface area contributed by atoms with Crippen LogP contribution in [0.2, 0.25) is 0 Å². The van der Waals surface area contributed by atoms with E-state index in [-0.39, 0.29) is 31.1 Å². The summed E-state index contributed by atoms with van der Waals surface area (Å²) in [6.07, 6.45) is 85.9. The van der Waals surface area contributed by atoms with Gasteiger partial charge >= 0.3 is 17.9 Å². The summed E-state index contributed by atoms with van der Waals surface area (Å²) in [5.41, 5.74) is 0. The Hall–Kier alpha value is -2.63. The normalized spacial score (nSPS) is 12.3. The van der Waals surface area contributed by atoms with Gasteiger partial charge in [0, 0.05) is 19.3 Å². The number of hydrogen-bond donors (Lipinski definition) is 0. The fourth-order valence-electron chi connectivity index (χ4n) is 10.5.